The molecule has 1 N–H and O–H groups in total. The number of rotatable bonds is 0. The van der Waals surface area contributed by atoms with Crippen LogP contribution < -0.4 is 0 Å². The Hall–Kier alpha value is -0.0800. The fourth-order valence-corrected chi connectivity index (χ4v) is 7.53. The Bertz CT molecular complexity index is 462. The number of aliphatic hydroxyl groups is 1. The normalized spacial score (nSPS) is 65.0. The first-order valence-electron chi connectivity index (χ1n) is 9.36. The maximum Gasteiger partial charge on any atom is 0.0898 e. The van der Waals surface area contributed by atoms with Gasteiger partial charge in [0.1, 0.15) is 0 Å². The SMILES string of the molecule is C[C@]12CC[C@@H](O)C[C@H]1CC[C@@H]1[C@@H]2CC[C@@]2(C)[C@H]1C[C@@H]1O[C@@H]12. The Balaban J connectivity index is 1.46. The van der Waals surface area contributed by atoms with E-state index in [1.54, 1.807) is 0 Å². The maximum atomic E-state index is 10.1. The minimum atomic E-state index is -0.0130. The smallest absolute Gasteiger partial charge is 0.0898 e. The highest BCUT2D eigenvalue weighted by molar-refractivity contribution is 5.16. The van der Waals surface area contributed by atoms with Crippen molar-refractivity contribution in [1.29, 1.82) is 0 Å². The molecule has 0 aromatic rings. The van der Waals surface area contributed by atoms with Gasteiger partial charge in [-0.25, -0.2) is 0 Å². The zero-order valence-corrected chi connectivity index (χ0v) is 13.6. The van der Waals surface area contributed by atoms with Gasteiger partial charge < -0.3 is 9.84 Å². The van der Waals surface area contributed by atoms with Gasteiger partial charge in [-0.3, -0.25) is 0 Å². The number of epoxide rings is 1. The van der Waals surface area contributed by atoms with Crippen LogP contribution in [-0.4, -0.2) is 23.4 Å². The Morgan fingerprint density at radius 3 is 2.57 bits per heavy atom. The minimum absolute atomic E-state index is 0.0130. The van der Waals surface area contributed by atoms with Gasteiger partial charge >= 0.3 is 0 Å². The molecule has 0 amide bonds. The van der Waals surface area contributed by atoms with Crippen LogP contribution in [-0.2, 0) is 4.74 Å². The molecule has 4 aliphatic carbocycles. The molecule has 21 heavy (non-hydrogen) atoms. The number of hydrogen-bond donors (Lipinski definition) is 1. The van der Waals surface area contributed by atoms with Gasteiger partial charge in [-0.2, -0.15) is 0 Å². The molecule has 0 unspecified atom stereocenters. The third kappa shape index (κ3) is 1.62. The van der Waals surface area contributed by atoms with Gasteiger partial charge in [-0.15, -0.1) is 0 Å². The maximum absolute atomic E-state index is 10.1. The van der Waals surface area contributed by atoms with Crippen LogP contribution in [0.3, 0.4) is 0 Å². The van der Waals surface area contributed by atoms with Crippen molar-refractivity contribution in [3.8, 4) is 0 Å². The van der Waals surface area contributed by atoms with Crippen LogP contribution in [0.25, 0.3) is 0 Å². The van der Waals surface area contributed by atoms with E-state index in [-0.39, 0.29) is 6.10 Å². The summed E-state index contributed by atoms with van der Waals surface area (Å²) >= 11 is 0. The fraction of sp³-hybridized carbons (Fsp3) is 1.00. The molecule has 5 aliphatic rings. The van der Waals surface area contributed by atoms with Crippen LogP contribution in [0.1, 0.15) is 65.2 Å². The summed E-state index contributed by atoms with van der Waals surface area (Å²) < 4.78 is 5.92. The predicted octanol–water partition coefficient (Wildman–Crippen LogP) is 3.77. The first-order valence-corrected chi connectivity index (χ1v) is 9.36. The van der Waals surface area contributed by atoms with Gasteiger partial charge in [0.2, 0.25) is 0 Å². The lowest BCUT2D eigenvalue weighted by molar-refractivity contribution is -0.131. The molecular weight excluding hydrogens is 260 g/mol. The summed E-state index contributed by atoms with van der Waals surface area (Å²) in [5, 5.41) is 10.1. The molecule has 1 aliphatic heterocycles. The fourth-order valence-electron chi connectivity index (χ4n) is 7.53. The summed E-state index contributed by atoms with van der Waals surface area (Å²) in [5.41, 5.74) is 1.03. The lowest BCUT2D eigenvalue weighted by Gasteiger charge is -2.60. The molecule has 0 radical (unpaired) electrons. The molecule has 5 rings (SSSR count). The van der Waals surface area contributed by atoms with Crippen molar-refractivity contribution < 1.29 is 9.84 Å². The van der Waals surface area contributed by atoms with Gasteiger partial charge in [0.05, 0.1) is 18.3 Å². The quantitative estimate of drug-likeness (QED) is 0.689. The zero-order chi connectivity index (χ0) is 14.4. The van der Waals surface area contributed by atoms with E-state index in [4.69, 9.17) is 4.74 Å². The molecular formula is C19H30O2. The summed E-state index contributed by atoms with van der Waals surface area (Å²) in [6, 6.07) is 0. The van der Waals surface area contributed by atoms with Crippen molar-refractivity contribution in [2.24, 2.45) is 34.5 Å². The van der Waals surface area contributed by atoms with E-state index in [0.29, 0.717) is 23.0 Å². The average Bonchev–Trinajstić information content (AvgIpc) is 3.17. The van der Waals surface area contributed by atoms with Crippen molar-refractivity contribution in [2.75, 3.05) is 0 Å². The Morgan fingerprint density at radius 1 is 0.905 bits per heavy atom. The third-order valence-corrected chi connectivity index (χ3v) is 8.79. The molecule has 0 aromatic carbocycles. The van der Waals surface area contributed by atoms with E-state index in [9.17, 15) is 5.11 Å². The first-order chi connectivity index (χ1) is 10.0. The van der Waals surface area contributed by atoms with Crippen molar-refractivity contribution in [3.05, 3.63) is 0 Å². The van der Waals surface area contributed by atoms with E-state index in [1.165, 1.54) is 38.5 Å². The Kier molecular flexibility index (Phi) is 2.58. The van der Waals surface area contributed by atoms with E-state index < -0.39 is 0 Å². The summed E-state index contributed by atoms with van der Waals surface area (Å²) in [7, 11) is 0. The molecule has 4 saturated carbocycles. The van der Waals surface area contributed by atoms with Gasteiger partial charge in [0, 0.05) is 0 Å². The molecule has 0 aromatic heterocycles. The van der Waals surface area contributed by atoms with Gasteiger partial charge in [0.25, 0.3) is 0 Å². The van der Waals surface area contributed by atoms with Crippen LogP contribution in [0.2, 0.25) is 0 Å². The minimum Gasteiger partial charge on any atom is -0.393 e. The number of fused-ring (bicyclic) bond motifs is 7. The Labute approximate surface area is 128 Å². The lowest BCUT2D eigenvalue weighted by atomic mass is 9.45. The van der Waals surface area contributed by atoms with E-state index in [2.05, 4.69) is 13.8 Å². The van der Waals surface area contributed by atoms with Crippen LogP contribution >= 0.6 is 0 Å². The van der Waals surface area contributed by atoms with Crippen molar-refractivity contribution in [3.63, 3.8) is 0 Å². The van der Waals surface area contributed by atoms with Crippen LogP contribution in [0.15, 0.2) is 0 Å². The molecule has 2 heteroatoms. The average molecular weight is 290 g/mol. The highest BCUT2D eigenvalue weighted by Gasteiger charge is 2.68. The highest BCUT2D eigenvalue weighted by atomic mass is 16.6. The van der Waals surface area contributed by atoms with Gasteiger partial charge in [-0.05, 0) is 85.9 Å². The lowest BCUT2D eigenvalue weighted by Crippen LogP contribution is -2.54. The Morgan fingerprint density at radius 2 is 1.71 bits per heavy atom. The molecule has 1 saturated heterocycles. The molecule has 5 fully saturated rings. The molecule has 0 spiro atoms. The van der Waals surface area contributed by atoms with E-state index >= 15 is 0 Å². The first kappa shape index (κ1) is 13.4. The summed E-state index contributed by atoms with van der Waals surface area (Å²) in [5.74, 6) is 3.61. The molecule has 0 bridgehead atoms. The standard InChI is InChI=1S/C19H30O2/c1-18-7-5-12(20)9-11(18)3-4-13-14(18)6-8-19(2)15(13)10-16-17(19)21-16/h11-17,20H,3-10H2,1-2H3/t11-,12-,13-,14+,15+,16+,17+,18+,19+/m1/s1. The topological polar surface area (TPSA) is 32.8 Å². The van der Waals surface area contributed by atoms with Crippen molar-refractivity contribution in [1.82, 2.24) is 0 Å². The molecule has 118 valence electrons. The van der Waals surface area contributed by atoms with Crippen LogP contribution in [0.5, 0.6) is 0 Å². The van der Waals surface area contributed by atoms with Crippen molar-refractivity contribution in [2.45, 2.75) is 83.5 Å². The van der Waals surface area contributed by atoms with Crippen LogP contribution in [0.4, 0.5) is 0 Å². The zero-order valence-electron chi connectivity index (χ0n) is 13.6. The largest absolute Gasteiger partial charge is 0.393 e. The third-order valence-electron chi connectivity index (χ3n) is 8.79. The van der Waals surface area contributed by atoms with Gasteiger partial charge in [-0.1, -0.05) is 13.8 Å². The van der Waals surface area contributed by atoms with E-state index in [0.717, 1.165) is 36.5 Å². The predicted molar refractivity (Wildman–Crippen MR) is 81.8 cm³/mol. The monoisotopic (exact) mass is 290 g/mol. The number of hydrogen-bond acceptors (Lipinski definition) is 2. The second-order valence-electron chi connectivity index (χ2n) is 9.46. The van der Waals surface area contributed by atoms with Gasteiger partial charge in [0.15, 0.2) is 0 Å². The molecule has 1 heterocycles. The summed E-state index contributed by atoms with van der Waals surface area (Å²) in [6.45, 7) is 5.11. The number of aliphatic hydroxyl groups excluding tert-OH is 1. The highest BCUT2D eigenvalue weighted by Crippen LogP contribution is 2.69. The summed E-state index contributed by atoms with van der Waals surface area (Å²) in [6.07, 6.45) is 11.6. The molecule has 2 nitrogen and oxygen atoms in total. The summed E-state index contributed by atoms with van der Waals surface area (Å²) in [4.78, 5) is 0. The number of ether oxygens (including phenoxy) is 1. The molecule has 9 atom stereocenters. The van der Waals surface area contributed by atoms with E-state index in [1.807, 2.05) is 0 Å². The second-order valence-corrected chi connectivity index (χ2v) is 9.46. The van der Waals surface area contributed by atoms with Crippen LogP contribution in [0, 0.1) is 34.5 Å². The van der Waals surface area contributed by atoms with Crippen molar-refractivity contribution >= 4 is 0 Å². The second kappa shape index (κ2) is 4.06.